The molecule has 21 heavy (non-hydrogen) atoms. The lowest BCUT2D eigenvalue weighted by Crippen LogP contribution is -2.45. The zero-order chi connectivity index (χ0) is 14.9. The second-order valence-corrected chi connectivity index (χ2v) is 6.35. The van der Waals surface area contributed by atoms with Gasteiger partial charge in [-0.15, -0.1) is 0 Å². The maximum Gasteiger partial charge on any atom is 0.0233 e. The van der Waals surface area contributed by atoms with Crippen LogP contribution < -0.4 is 11.1 Å². The van der Waals surface area contributed by atoms with Gasteiger partial charge in [-0.3, -0.25) is 4.90 Å². The third-order valence-electron chi connectivity index (χ3n) is 4.43. The first-order valence-corrected chi connectivity index (χ1v) is 8.53. The third kappa shape index (κ3) is 6.16. The van der Waals surface area contributed by atoms with Crippen LogP contribution >= 0.6 is 0 Å². The van der Waals surface area contributed by atoms with Crippen molar-refractivity contribution in [2.24, 2.45) is 5.73 Å². The Morgan fingerprint density at radius 2 is 1.95 bits per heavy atom. The summed E-state index contributed by atoms with van der Waals surface area (Å²) < 4.78 is 0. The number of nitrogens with two attached hydrogens (primary N) is 1. The zero-order valence-electron chi connectivity index (χ0n) is 13.4. The number of nitrogens with zero attached hydrogens (tertiary/aromatic N) is 1. The van der Waals surface area contributed by atoms with Gasteiger partial charge in [0.25, 0.3) is 0 Å². The molecule has 1 fully saturated rings. The molecule has 1 aromatic rings. The molecule has 0 amide bonds. The van der Waals surface area contributed by atoms with Crippen molar-refractivity contribution in [3.63, 3.8) is 0 Å². The molecule has 3 heteroatoms. The van der Waals surface area contributed by atoms with Crippen LogP contribution in [0.25, 0.3) is 0 Å². The first-order chi connectivity index (χ1) is 10.3. The largest absolute Gasteiger partial charge is 0.327 e. The quantitative estimate of drug-likeness (QED) is 0.773. The maximum absolute atomic E-state index is 6.13. The van der Waals surface area contributed by atoms with E-state index in [0.717, 1.165) is 19.5 Å². The van der Waals surface area contributed by atoms with Gasteiger partial charge in [0.2, 0.25) is 0 Å². The van der Waals surface area contributed by atoms with E-state index in [1.54, 1.807) is 0 Å². The van der Waals surface area contributed by atoms with E-state index in [0.29, 0.717) is 12.1 Å². The molecule has 118 valence electrons. The van der Waals surface area contributed by atoms with Crippen LogP contribution in [0.2, 0.25) is 0 Å². The van der Waals surface area contributed by atoms with Crippen molar-refractivity contribution in [2.45, 2.75) is 57.7 Å². The average molecular weight is 289 g/mol. The Morgan fingerprint density at radius 3 is 2.62 bits per heavy atom. The van der Waals surface area contributed by atoms with Gasteiger partial charge in [0.15, 0.2) is 0 Å². The van der Waals surface area contributed by atoms with E-state index >= 15 is 0 Å². The molecule has 2 rings (SSSR count). The summed E-state index contributed by atoms with van der Waals surface area (Å²) in [4.78, 5) is 2.56. The molecule has 1 heterocycles. The second-order valence-electron chi connectivity index (χ2n) is 6.35. The minimum absolute atomic E-state index is 0.326. The Morgan fingerprint density at radius 1 is 1.24 bits per heavy atom. The molecular weight excluding hydrogens is 258 g/mol. The van der Waals surface area contributed by atoms with Crippen LogP contribution in [0.1, 0.15) is 44.6 Å². The molecule has 0 aromatic heterocycles. The minimum Gasteiger partial charge on any atom is -0.327 e. The lowest BCUT2D eigenvalue weighted by atomic mass is 10.0. The molecule has 1 unspecified atom stereocenters. The summed E-state index contributed by atoms with van der Waals surface area (Å²) in [6.45, 7) is 6.67. The molecule has 1 aliphatic rings. The summed E-state index contributed by atoms with van der Waals surface area (Å²) in [5.74, 6) is 0. The molecule has 3 N–H and O–H groups in total. The second kappa shape index (κ2) is 9.19. The number of hydrogen-bond donors (Lipinski definition) is 2. The normalized spacial score (nSPS) is 18.8. The van der Waals surface area contributed by atoms with Gasteiger partial charge in [-0.2, -0.15) is 0 Å². The summed E-state index contributed by atoms with van der Waals surface area (Å²) in [6.07, 6.45) is 6.13. The number of likely N-dealkylation sites (tertiary alicyclic amines) is 1. The van der Waals surface area contributed by atoms with Gasteiger partial charge in [0.1, 0.15) is 0 Å². The van der Waals surface area contributed by atoms with Crippen molar-refractivity contribution in [3.05, 3.63) is 35.9 Å². The number of rotatable bonds is 8. The molecule has 0 bridgehead atoms. The molecule has 0 radical (unpaired) electrons. The van der Waals surface area contributed by atoms with E-state index in [2.05, 4.69) is 47.5 Å². The fraction of sp³-hybridized carbons (Fsp3) is 0.667. The molecule has 3 nitrogen and oxygen atoms in total. The van der Waals surface area contributed by atoms with Crippen molar-refractivity contribution >= 4 is 0 Å². The molecule has 1 aromatic carbocycles. The number of piperidine rings is 1. The number of unbranched alkanes of at least 4 members (excludes halogenated alkanes) is 1. The molecular formula is C18H31N3. The van der Waals surface area contributed by atoms with Crippen LogP contribution in [-0.2, 0) is 6.54 Å². The summed E-state index contributed by atoms with van der Waals surface area (Å²) in [5, 5.41) is 3.66. The Labute approximate surface area is 129 Å². The van der Waals surface area contributed by atoms with Gasteiger partial charge < -0.3 is 11.1 Å². The van der Waals surface area contributed by atoms with Crippen LogP contribution in [-0.4, -0.2) is 36.6 Å². The van der Waals surface area contributed by atoms with E-state index in [4.69, 9.17) is 5.73 Å². The van der Waals surface area contributed by atoms with Gasteiger partial charge in [0, 0.05) is 25.2 Å². The average Bonchev–Trinajstić information content (AvgIpc) is 2.53. The van der Waals surface area contributed by atoms with Crippen LogP contribution in [0.4, 0.5) is 0 Å². The Hall–Kier alpha value is -0.900. The third-order valence-corrected chi connectivity index (χ3v) is 4.43. The lowest BCUT2D eigenvalue weighted by molar-refractivity contribution is 0.189. The summed E-state index contributed by atoms with van der Waals surface area (Å²) in [7, 11) is 0. The highest BCUT2D eigenvalue weighted by Crippen LogP contribution is 2.14. The van der Waals surface area contributed by atoms with Crippen molar-refractivity contribution in [2.75, 3.05) is 19.6 Å². The highest BCUT2D eigenvalue weighted by atomic mass is 15.1. The first-order valence-electron chi connectivity index (χ1n) is 8.53. The van der Waals surface area contributed by atoms with Crippen molar-refractivity contribution < 1.29 is 0 Å². The fourth-order valence-corrected chi connectivity index (χ4v) is 3.02. The Balaban J connectivity index is 1.62. The van der Waals surface area contributed by atoms with E-state index in [9.17, 15) is 0 Å². The minimum atomic E-state index is 0.326. The van der Waals surface area contributed by atoms with Crippen molar-refractivity contribution in [3.8, 4) is 0 Å². The lowest BCUT2D eigenvalue weighted by Gasteiger charge is -2.33. The highest BCUT2D eigenvalue weighted by Gasteiger charge is 2.19. The number of hydrogen-bond acceptors (Lipinski definition) is 3. The Kier molecular flexibility index (Phi) is 7.20. The molecule has 1 aliphatic heterocycles. The topological polar surface area (TPSA) is 41.3 Å². The summed E-state index contributed by atoms with van der Waals surface area (Å²) in [5.41, 5.74) is 7.56. The van der Waals surface area contributed by atoms with E-state index in [1.165, 1.54) is 44.3 Å². The molecule has 1 atom stereocenters. The summed E-state index contributed by atoms with van der Waals surface area (Å²) >= 11 is 0. The highest BCUT2D eigenvalue weighted by molar-refractivity contribution is 5.14. The van der Waals surface area contributed by atoms with Crippen LogP contribution in [0.3, 0.4) is 0 Å². The van der Waals surface area contributed by atoms with Gasteiger partial charge in [0.05, 0.1) is 0 Å². The molecule has 0 aliphatic carbocycles. The predicted octanol–water partition coefficient (Wildman–Crippen LogP) is 2.76. The van der Waals surface area contributed by atoms with Crippen molar-refractivity contribution in [1.82, 2.24) is 10.2 Å². The smallest absolute Gasteiger partial charge is 0.0233 e. The number of nitrogens with one attached hydrogen (secondary N) is 1. The predicted molar refractivity (Wildman–Crippen MR) is 90.2 cm³/mol. The monoisotopic (exact) mass is 289 g/mol. The van der Waals surface area contributed by atoms with E-state index < -0.39 is 0 Å². The standard InChI is InChI=1S/C18H31N3/c1-2-3-9-17(19)14-20-18-10-12-21(13-11-18)15-16-7-5-4-6-8-16/h4-8,17-18,20H,2-3,9-15,19H2,1H3. The summed E-state index contributed by atoms with van der Waals surface area (Å²) in [6, 6.07) is 11.8. The van der Waals surface area contributed by atoms with Gasteiger partial charge in [-0.05, 0) is 37.9 Å². The van der Waals surface area contributed by atoms with Crippen LogP contribution in [0.15, 0.2) is 30.3 Å². The van der Waals surface area contributed by atoms with Crippen LogP contribution in [0.5, 0.6) is 0 Å². The molecule has 0 spiro atoms. The van der Waals surface area contributed by atoms with E-state index in [-0.39, 0.29) is 0 Å². The van der Waals surface area contributed by atoms with Gasteiger partial charge in [-0.1, -0.05) is 50.1 Å². The Bertz CT molecular complexity index is 371. The fourth-order valence-electron chi connectivity index (χ4n) is 3.02. The van der Waals surface area contributed by atoms with Gasteiger partial charge >= 0.3 is 0 Å². The number of benzene rings is 1. The zero-order valence-corrected chi connectivity index (χ0v) is 13.4. The molecule has 1 saturated heterocycles. The maximum atomic E-state index is 6.13. The van der Waals surface area contributed by atoms with Gasteiger partial charge in [-0.25, -0.2) is 0 Å². The first kappa shape index (κ1) is 16.5. The molecule has 0 saturated carbocycles. The van der Waals surface area contributed by atoms with Crippen molar-refractivity contribution in [1.29, 1.82) is 0 Å². The SMILES string of the molecule is CCCCC(N)CNC1CCN(Cc2ccccc2)CC1. The van der Waals surface area contributed by atoms with E-state index in [1.807, 2.05) is 0 Å². The van der Waals surface area contributed by atoms with Crippen LogP contribution in [0, 0.1) is 0 Å².